The van der Waals surface area contributed by atoms with Crippen LogP contribution in [0.4, 0.5) is 4.79 Å². The first-order valence-corrected chi connectivity index (χ1v) is 4.91. The van der Waals surface area contributed by atoms with Gasteiger partial charge in [-0.2, -0.15) is 0 Å². The number of aliphatic hydroxyl groups excluding tert-OH is 1. The van der Waals surface area contributed by atoms with Gasteiger partial charge in [-0.3, -0.25) is 4.79 Å². The van der Waals surface area contributed by atoms with Gasteiger partial charge in [0.25, 0.3) is 0 Å². The van der Waals surface area contributed by atoms with Crippen LogP contribution in [0.1, 0.15) is 25.7 Å². The van der Waals surface area contributed by atoms with Crippen LogP contribution in [0.5, 0.6) is 0 Å². The molecular formula is C9H14BNO2. The summed E-state index contributed by atoms with van der Waals surface area (Å²) in [4.78, 5) is 12.9. The number of hydrogen-bond acceptors (Lipinski definition) is 2. The molecule has 2 saturated heterocycles. The monoisotopic (exact) mass is 179 g/mol. The summed E-state index contributed by atoms with van der Waals surface area (Å²) in [6.07, 6.45) is 3.97. The maximum Gasteiger partial charge on any atom is 0.200 e. The van der Waals surface area contributed by atoms with E-state index in [-0.39, 0.29) is 12.4 Å². The summed E-state index contributed by atoms with van der Waals surface area (Å²) < 4.78 is 0. The number of fused-ring (bicyclic) bond motifs is 2. The van der Waals surface area contributed by atoms with Crippen molar-refractivity contribution >= 4 is 13.7 Å². The number of hydrogen-bond donors (Lipinski definition) is 1. The van der Waals surface area contributed by atoms with Crippen LogP contribution in [0, 0.1) is 5.92 Å². The minimum absolute atomic E-state index is 0.250. The molecule has 2 heterocycles. The van der Waals surface area contributed by atoms with Crippen LogP contribution in [0.25, 0.3) is 0 Å². The maximum atomic E-state index is 11.1. The van der Waals surface area contributed by atoms with Crippen molar-refractivity contribution in [2.24, 2.45) is 5.92 Å². The Morgan fingerprint density at radius 3 is 2.31 bits per heavy atom. The molecule has 13 heavy (non-hydrogen) atoms. The van der Waals surface area contributed by atoms with Crippen molar-refractivity contribution < 1.29 is 9.90 Å². The van der Waals surface area contributed by atoms with E-state index >= 15 is 0 Å². The topological polar surface area (TPSA) is 40.5 Å². The molecule has 0 aromatic heterocycles. The summed E-state index contributed by atoms with van der Waals surface area (Å²) in [5.74, 6) is 0.0944. The first-order valence-electron chi connectivity index (χ1n) is 4.91. The Morgan fingerprint density at radius 1 is 1.38 bits per heavy atom. The Balaban J connectivity index is 2.08. The third kappa shape index (κ3) is 1.48. The molecule has 2 radical (unpaired) electrons. The van der Waals surface area contributed by atoms with E-state index in [4.69, 9.17) is 13.0 Å². The van der Waals surface area contributed by atoms with Gasteiger partial charge in [-0.25, -0.2) is 0 Å². The molecule has 2 rings (SSSR count). The van der Waals surface area contributed by atoms with Gasteiger partial charge in [0.2, 0.25) is 7.85 Å². The molecule has 0 spiro atoms. The van der Waals surface area contributed by atoms with Crippen LogP contribution in [0.2, 0.25) is 0 Å². The fourth-order valence-electron chi connectivity index (χ4n) is 2.80. The van der Waals surface area contributed by atoms with Gasteiger partial charge in [-0.05, 0) is 31.6 Å². The Bertz CT molecular complexity index is 208. The van der Waals surface area contributed by atoms with E-state index in [1.54, 1.807) is 0 Å². The minimum atomic E-state index is -0.288. The molecule has 1 N–H and O–H groups in total. The number of rotatable bonds is 1. The molecule has 2 atom stereocenters. The molecule has 0 saturated carbocycles. The summed E-state index contributed by atoms with van der Waals surface area (Å²) >= 11 is 0. The molecule has 2 unspecified atom stereocenters. The van der Waals surface area contributed by atoms with Crippen LogP contribution < -0.4 is 0 Å². The van der Waals surface area contributed by atoms with Crippen molar-refractivity contribution in [1.29, 1.82) is 0 Å². The van der Waals surface area contributed by atoms with Crippen LogP contribution in [0.3, 0.4) is 0 Å². The molecule has 1 amide bonds. The Kier molecular flexibility index (Phi) is 2.32. The van der Waals surface area contributed by atoms with Crippen molar-refractivity contribution in [2.75, 3.05) is 6.61 Å². The molecule has 0 aromatic carbocycles. The van der Waals surface area contributed by atoms with Crippen LogP contribution in [-0.4, -0.2) is 42.3 Å². The third-order valence-corrected chi connectivity index (χ3v) is 3.34. The second-order valence-electron chi connectivity index (χ2n) is 4.15. The molecule has 70 valence electrons. The average molecular weight is 179 g/mol. The smallest absolute Gasteiger partial charge is 0.200 e. The van der Waals surface area contributed by atoms with Crippen molar-refractivity contribution in [1.82, 2.24) is 4.90 Å². The van der Waals surface area contributed by atoms with Gasteiger partial charge in [-0.15, -0.1) is 0 Å². The Hall–Kier alpha value is -0.505. The highest BCUT2D eigenvalue weighted by atomic mass is 16.3. The van der Waals surface area contributed by atoms with Gasteiger partial charge in [0.05, 0.1) is 0 Å². The predicted molar refractivity (Wildman–Crippen MR) is 49.6 cm³/mol. The lowest BCUT2D eigenvalue weighted by atomic mass is 9.89. The number of amides is 1. The lowest BCUT2D eigenvalue weighted by Crippen LogP contribution is -2.46. The van der Waals surface area contributed by atoms with E-state index in [0.717, 1.165) is 25.7 Å². The van der Waals surface area contributed by atoms with Gasteiger partial charge >= 0.3 is 0 Å². The number of piperidine rings is 1. The molecule has 0 aliphatic carbocycles. The highest BCUT2D eigenvalue weighted by molar-refractivity contribution is 6.57. The lowest BCUT2D eigenvalue weighted by Gasteiger charge is -2.38. The summed E-state index contributed by atoms with van der Waals surface area (Å²) in [5, 5.41) is 9.04. The molecule has 2 aliphatic heterocycles. The second-order valence-corrected chi connectivity index (χ2v) is 4.15. The van der Waals surface area contributed by atoms with E-state index in [2.05, 4.69) is 0 Å². The Labute approximate surface area is 79.5 Å². The number of carbonyl (C=O) groups is 1. The first kappa shape index (κ1) is 9.07. The molecule has 0 aromatic rings. The van der Waals surface area contributed by atoms with Crippen molar-refractivity contribution in [3.8, 4) is 0 Å². The molecule has 2 bridgehead atoms. The van der Waals surface area contributed by atoms with Gasteiger partial charge in [0, 0.05) is 18.7 Å². The second kappa shape index (κ2) is 3.33. The maximum absolute atomic E-state index is 11.1. The SMILES string of the molecule is [B]C(=O)N1C2CCC1CC(CO)C2. The fourth-order valence-corrected chi connectivity index (χ4v) is 2.80. The van der Waals surface area contributed by atoms with E-state index in [9.17, 15) is 4.79 Å². The third-order valence-electron chi connectivity index (χ3n) is 3.34. The summed E-state index contributed by atoms with van der Waals surface area (Å²) in [5.41, 5.74) is 0. The van der Waals surface area contributed by atoms with Crippen molar-refractivity contribution in [3.05, 3.63) is 0 Å². The van der Waals surface area contributed by atoms with E-state index in [1.807, 2.05) is 4.90 Å². The van der Waals surface area contributed by atoms with E-state index < -0.39 is 0 Å². The highest BCUT2D eigenvalue weighted by Crippen LogP contribution is 2.38. The minimum Gasteiger partial charge on any atom is -0.396 e. The summed E-state index contributed by atoms with van der Waals surface area (Å²) in [7, 11) is 5.30. The van der Waals surface area contributed by atoms with Crippen LogP contribution in [-0.2, 0) is 0 Å². The highest BCUT2D eigenvalue weighted by Gasteiger charge is 2.41. The molecule has 4 heteroatoms. The number of nitrogens with zero attached hydrogens (tertiary/aromatic N) is 1. The fraction of sp³-hybridized carbons (Fsp3) is 0.889. The zero-order valence-corrected chi connectivity index (χ0v) is 7.65. The van der Waals surface area contributed by atoms with Crippen molar-refractivity contribution in [3.63, 3.8) is 0 Å². The molecule has 2 fully saturated rings. The van der Waals surface area contributed by atoms with Crippen LogP contribution >= 0.6 is 0 Å². The average Bonchev–Trinajstić information content (AvgIpc) is 2.37. The standard InChI is InChI=1S/C9H14BNO2/c10-9(13)11-7-1-2-8(11)4-6(3-7)5-12/h6-8,12H,1-5H2. The largest absolute Gasteiger partial charge is 0.396 e. The normalized spacial score (nSPS) is 37.9. The summed E-state index contributed by atoms with van der Waals surface area (Å²) in [6, 6.07) is 0.599. The van der Waals surface area contributed by atoms with Crippen molar-refractivity contribution in [2.45, 2.75) is 37.8 Å². The molecule has 3 nitrogen and oxygen atoms in total. The Morgan fingerprint density at radius 2 is 1.92 bits per heavy atom. The van der Waals surface area contributed by atoms with Gasteiger partial charge < -0.3 is 10.0 Å². The van der Waals surface area contributed by atoms with Gasteiger partial charge in [-0.1, -0.05) is 0 Å². The van der Waals surface area contributed by atoms with Gasteiger partial charge in [0.1, 0.15) is 0 Å². The lowest BCUT2D eigenvalue weighted by molar-refractivity contribution is 0.103. The molecule has 2 aliphatic rings. The predicted octanol–water partition coefficient (Wildman–Crippen LogP) is 0.510. The first-order chi connectivity index (χ1) is 6.22. The van der Waals surface area contributed by atoms with Gasteiger partial charge in [0.15, 0.2) is 5.81 Å². The van der Waals surface area contributed by atoms with E-state index in [1.165, 1.54) is 0 Å². The zero-order valence-electron chi connectivity index (χ0n) is 7.65. The number of aliphatic hydroxyl groups is 1. The van der Waals surface area contributed by atoms with Crippen LogP contribution in [0.15, 0.2) is 0 Å². The zero-order chi connectivity index (χ0) is 9.42. The number of carbonyl (C=O) groups excluding carboxylic acids is 1. The van der Waals surface area contributed by atoms with E-state index in [0.29, 0.717) is 18.0 Å². The summed E-state index contributed by atoms with van der Waals surface area (Å²) in [6.45, 7) is 0.250. The quantitative estimate of drug-likeness (QED) is 0.595. The molecular weight excluding hydrogens is 165 g/mol.